The molecule has 0 spiro atoms. The van der Waals surface area contributed by atoms with Crippen molar-refractivity contribution in [3.05, 3.63) is 58.6 Å². The van der Waals surface area contributed by atoms with Crippen molar-refractivity contribution in [3.8, 4) is 0 Å². The van der Waals surface area contributed by atoms with Crippen molar-refractivity contribution in [2.75, 3.05) is 4.72 Å². The molecule has 4 nitrogen and oxygen atoms in total. The Balaban J connectivity index is 2.29. The van der Waals surface area contributed by atoms with Gasteiger partial charge in [-0.1, -0.05) is 35.0 Å². The van der Waals surface area contributed by atoms with Gasteiger partial charge in [0.1, 0.15) is 0 Å². The smallest absolute Gasteiger partial charge is 0.261 e. The Kier molecular flexibility index (Phi) is 5.03. The highest BCUT2D eigenvalue weighted by molar-refractivity contribution is 9.10. The minimum atomic E-state index is -3.67. The minimum absolute atomic E-state index is 0.135. The molecule has 0 aliphatic heterocycles. The van der Waals surface area contributed by atoms with Gasteiger partial charge in [0, 0.05) is 10.2 Å². The van der Waals surface area contributed by atoms with Crippen LogP contribution in [0.3, 0.4) is 0 Å². The first-order chi connectivity index (χ1) is 9.92. The van der Waals surface area contributed by atoms with Gasteiger partial charge < -0.3 is 5.11 Å². The normalized spacial score (nSPS) is 12.9. The van der Waals surface area contributed by atoms with Crippen LogP contribution in [0.2, 0.25) is 0 Å². The van der Waals surface area contributed by atoms with Gasteiger partial charge >= 0.3 is 0 Å². The highest BCUT2D eigenvalue weighted by Crippen LogP contribution is 2.22. The summed E-state index contributed by atoms with van der Waals surface area (Å²) in [5, 5.41) is 9.82. The molecule has 112 valence electrons. The second-order valence-electron chi connectivity index (χ2n) is 4.61. The predicted molar refractivity (Wildman–Crippen MR) is 86.6 cm³/mol. The summed E-state index contributed by atoms with van der Waals surface area (Å²) in [5.41, 5.74) is 1.08. The van der Waals surface area contributed by atoms with Crippen molar-refractivity contribution in [2.24, 2.45) is 0 Å². The van der Waals surface area contributed by atoms with Crippen LogP contribution in [0.4, 0.5) is 5.69 Å². The second-order valence-corrected chi connectivity index (χ2v) is 7.21. The molecule has 0 bridgehead atoms. The van der Waals surface area contributed by atoms with E-state index in [0.29, 0.717) is 17.7 Å². The zero-order chi connectivity index (χ0) is 15.5. The molecule has 0 aromatic heterocycles. The van der Waals surface area contributed by atoms with Crippen LogP contribution in [0, 0.1) is 0 Å². The van der Waals surface area contributed by atoms with Gasteiger partial charge in [-0.15, -0.1) is 0 Å². The van der Waals surface area contributed by atoms with Crippen LogP contribution in [0.25, 0.3) is 0 Å². The summed E-state index contributed by atoms with van der Waals surface area (Å²) in [6, 6.07) is 13.2. The minimum Gasteiger partial charge on any atom is -0.388 e. The van der Waals surface area contributed by atoms with Gasteiger partial charge in [0.2, 0.25) is 0 Å². The molecule has 6 heteroatoms. The first-order valence-electron chi connectivity index (χ1n) is 6.49. The van der Waals surface area contributed by atoms with Crippen LogP contribution in [0.1, 0.15) is 25.0 Å². The number of halogens is 1. The van der Waals surface area contributed by atoms with E-state index in [4.69, 9.17) is 0 Å². The SMILES string of the molecule is CCC(O)c1cccc(S(=O)(=O)Nc2ccc(Br)cc2)c1. The standard InChI is InChI=1S/C15H16BrNO3S/c1-2-15(18)11-4-3-5-14(10-11)21(19,20)17-13-8-6-12(16)7-9-13/h3-10,15,17-18H,2H2,1H3. The molecular weight excluding hydrogens is 354 g/mol. The average Bonchev–Trinajstić information content (AvgIpc) is 2.49. The fourth-order valence-electron chi connectivity index (χ4n) is 1.86. The highest BCUT2D eigenvalue weighted by Gasteiger charge is 2.16. The van der Waals surface area contributed by atoms with E-state index in [0.717, 1.165) is 4.47 Å². The van der Waals surface area contributed by atoms with Gasteiger partial charge in [-0.05, 0) is 48.4 Å². The van der Waals surface area contributed by atoms with E-state index in [2.05, 4.69) is 20.7 Å². The summed E-state index contributed by atoms with van der Waals surface area (Å²) >= 11 is 3.30. The molecule has 1 atom stereocenters. The molecule has 1 unspecified atom stereocenters. The van der Waals surface area contributed by atoms with Crippen LogP contribution in [-0.4, -0.2) is 13.5 Å². The molecule has 0 saturated heterocycles. The third-order valence-corrected chi connectivity index (χ3v) is 4.94. The van der Waals surface area contributed by atoms with E-state index in [1.807, 2.05) is 6.92 Å². The van der Waals surface area contributed by atoms with E-state index in [-0.39, 0.29) is 4.90 Å². The second kappa shape index (κ2) is 6.60. The van der Waals surface area contributed by atoms with Crippen molar-refractivity contribution < 1.29 is 13.5 Å². The lowest BCUT2D eigenvalue weighted by Gasteiger charge is -2.12. The molecular formula is C15H16BrNO3S. The molecule has 0 fully saturated rings. The van der Waals surface area contributed by atoms with E-state index >= 15 is 0 Å². The van der Waals surface area contributed by atoms with E-state index in [1.54, 1.807) is 36.4 Å². The fourth-order valence-corrected chi connectivity index (χ4v) is 3.23. The van der Waals surface area contributed by atoms with Gasteiger partial charge in [-0.2, -0.15) is 0 Å². The number of aliphatic hydroxyl groups is 1. The zero-order valence-corrected chi connectivity index (χ0v) is 13.9. The molecule has 0 radical (unpaired) electrons. The Hall–Kier alpha value is -1.37. The van der Waals surface area contributed by atoms with Gasteiger partial charge in [-0.3, -0.25) is 4.72 Å². The maximum Gasteiger partial charge on any atom is 0.261 e. The van der Waals surface area contributed by atoms with Gasteiger partial charge in [0.15, 0.2) is 0 Å². The molecule has 0 aliphatic carbocycles. The van der Waals surface area contributed by atoms with Gasteiger partial charge in [-0.25, -0.2) is 8.42 Å². The lowest BCUT2D eigenvalue weighted by molar-refractivity contribution is 0.173. The van der Waals surface area contributed by atoms with Crippen LogP contribution in [0.5, 0.6) is 0 Å². The summed E-state index contributed by atoms with van der Waals surface area (Å²) in [5.74, 6) is 0. The number of anilines is 1. The van der Waals surface area contributed by atoms with Gasteiger partial charge in [0.25, 0.3) is 10.0 Å². The van der Waals surface area contributed by atoms with Crippen molar-refractivity contribution >= 4 is 31.6 Å². The van der Waals surface area contributed by atoms with E-state index in [9.17, 15) is 13.5 Å². The van der Waals surface area contributed by atoms with Crippen molar-refractivity contribution in [1.29, 1.82) is 0 Å². The number of aliphatic hydroxyl groups excluding tert-OH is 1. The number of hydrogen-bond donors (Lipinski definition) is 2. The molecule has 2 aromatic rings. The number of benzene rings is 2. The largest absolute Gasteiger partial charge is 0.388 e. The van der Waals surface area contributed by atoms with Crippen LogP contribution in [0.15, 0.2) is 57.9 Å². The Labute approximate surface area is 133 Å². The summed E-state index contributed by atoms with van der Waals surface area (Å²) in [6.45, 7) is 1.84. The molecule has 0 saturated carbocycles. The molecule has 0 heterocycles. The number of hydrogen-bond acceptors (Lipinski definition) is 3. The summed E-state index contributed by atoms with van der Waals surface area (Å²) < 4.78 is 28.1. The molecule has 2 aromatic carbocycles. The topological polar surface area (TPSA) is 66.4 Å². The maximum absolute atomic E-state index is 12.3. The zero-order valence-electron chi connectivity index (χ0n) is 11.5. The van der Waals surface area contributed by atoms with Crippen LogP contribution in [-0.2, 0) is 10.0 Å². The van der Waals surface area contributed by atoms with Crippen molar-refractivity contribution in [3.63, 3.8) is 0 Å². The van der Waals surface area contributed by atoms with Crippen molar-refractivity contribution in [2.45, 2.75) is 24.3 Å². The highest BCUT2D eigenvalue weighted by atomic mass is 79.9. The maximum atomic E-state index is 12.3. The molecule has 2 N–H and O–H groups in total. The average molecular weight is 370 g/mol. The quantitative estimate of drug-likeness (QED) is 0.844. The molecule has 2 rings (SSSR count). The number of sulfonamides is 1. The van der Waals surface area contributed by atoms with Crippen molar-refractivity contribution in [1.82, 2.24) is 0 Å². The third kappa shape index (κ3) is 4.06. The molecule has 21 heavy (non-hydrogen) atoms. The first-order valence-corrected chi connectivity index (χ1v) is 8.76. The summed E-state index contributed by atoms with van der Waals surface area (Å²) in [7, 11) is -3.67. The fraction of sp³-hybridized carbons (Fsp3) is 0.200. The molecule has 0 amide bonds. The number of nitrogens with one attached hydrogen (secondary N) is 1. The lowest BCUT2D eigenvalue weighted by atomic mass is 10.1. The number of rotatable bonds is 5. The van der Waals surface area contributed by atoms with E-state index < -0.39 is 16.1 Å². The predicted octanol–water partition coefficient (Wildman–Crippen LogP) is 3.69. The monoisotopic (exact) mass is 369 g/mol. The van der Waals surface area contributed by atoms with Gasteiger partial charge in [0.05, 0.1) is 11.0 Å². The van der Waals surface area contributed by atoms with E-state index in [1.165, 1.54) is 12.1 Å². The first kappa shape index (κ1) is 16.0. The van der Waals surface area contributed by atoms with Crippen LogP contribution >= 0.6 is 15.9 Å². The molecule has 0 aliphatic rings. The lowest BCUT2D eigenvalue weighted by Crippen LogP contribution is -2.13. The Bertz CT molecular complexity index is 714. The summed E-state index contributed by atoms with van der Waals surface area (Å²) in [4.78, 5) is 0.135. The Morgan fingerprint density at radius 2 is 1.86 bits per heavy atom. The third-order valence-electron chi connectivity index (χ3n) is 3.04. The van der Waals surface area contributed by atoms with Crippen LogP contribution < -0.4 is 4.72 Å². The summed E-state index contributed by atoms with van der Waals surface area (Å²) in [6.07, 6.45) is -0.128. The Morgan fingerprint density at radius 1 is 1.19 bits per heavy atom. The Morgan fingerprint density at radius 3 is 2.48 bits per heavy atom.